The molecule has 3 rings (SSSR count). The molecule has 0 spiro atoms. The molecule has 0 saturated carbocycles. The molecular weight excluding hydrogens is 342 g/mol. The van der Waals surface area contributed by atoms with E-state index < -0.39 is 17.2 Å². The molecule has 2 aromatic rings. The van der Waals surface area contributed by atoms with Crippen molar-refractivity contribution in [2.45, 2.75) is 44.2 Å². The summed E-state index contributed by atoms with van der Waals surface area (Å²) < 4.78 is 31.9. The van der Waals surface area contributed by atoms with Gasteiger partial charge >= 0.3 is 0 Å². The molecule has 2 amide bonds. The van der Waals surface area contributed by atoms with Gasteiger partial charge in [0.05, 0.1) is 6.26 Å². The second-order valence-corrected chi connectivity index (χ2v) is 6.60. The molecule has 26 heavy (non-hydrogen) atoms. The van der Waals surface area contributed by atoms with Crippen molar-refractivity contribution in [3.63, 3.8) is 0 Å². The summed E-state index contributed by atoms with van der Waals surface area (Å²) in [5, 5.41) is 5.60. The van der Waals surface area contributed by atoms with Crippen molar-refractivity contribution >= 4 is 11.8 Å². The van der Waals surface area contributed by atoms with Crippen molar-refractivity contribution in [2.75, 3.05) is 0 Å². The minimum atomic E-state index is -0.692. The van der Waals surface area contributed by atoms with Gasteiger partial charge in [-0.2, -0.15) is 0 Å². The zero-order valence-electron chi connectivity index (χ0n) is 14.2. The molecule has 5 nitrogen and oxygen atoms in total. The van der Waals surface area contributed by atoms with Crippen LogP contribution in [0.5, 0.6) is 0 Å². The lowest BCUT2D eigenvalue weighted by Crippen LogP contribution is -2.44. The van der Waals surface area contributed by atoms with E-state index in [1.165, 1.54) is 6.07 Å². The highest BCUT2D eigenvalue weighted by molar-refractivity contribution is 5.80. The van der Waals surface area contributed by atoms with Crippen LogP contribution >= 0.6 is 0 Å². The molecule has 1 aliphatic heterocycles. The molecule has 2 N–H and O–H groups in total. The summed E-state index contributed by atoms with van der Waals surface area (Å²) in [5.74, 6) is -0.892. The van der Waals surface area contributed by atoms with Gasteiger partial charge in [0.2, 0.25) is 11.8 Å². The number of hydrogen-bond donors (Lipinski definition) is 2. The van der Waals surface area contributed by atoms with Crippen molar-refractivity contribution in [2.24, 2.45) is 0 Å². The number of rotatable bonds is 7. The Bertz CT molecular complexity index is 792. The predicted molar refractivity (Wildman–Crippen MR) is 90.0 cm³/mol. The van der Waals surface area contributed by atoms with Gasteiger partial charge in [0, 0.05) is 43.0 Å². The van der Waals surface area contributed by atoms with Gasteiger partial charge in [-0.1, -0.05) is 6.07 Å². The highest BCUT2D eigenvalue weighted by Gasteiger charge is 2.38. The van der Waals surface area contributed by atoms with Crippen LogP contribution in [0.2, 0.25) is 0 Å². The monoisotopic (exact) mass is 362 g/mol. The van der Waals surface area contributed by atoms with E-state index in [2.05, 4.69) is 10.6 Å². The normalized spacial score (nSPS) is 19.4. The number of nitrogens with one attached hydrogen (secondary N) is 2. The topological polar surface area (TPSA) is 71.3 Å². The van der Waals surface area contributed by atoms with Gasteiger partial charge in [0.1, 0.15) is 17.4 Å². The largest absolute Gasteiger partial charge is 0.469 e. The summed E-state index contributed by atoms with van der Waals surface area (Å²) in [6.07, 6.45) is 3.78. The van der Waals surface area contributed by atoms with E-state index in [1.807, 2.05) is 6.07 Å². The summed E-state index contributed by atoms with van der Waals surface area (Å²) >= 11 is 0. The maximum atomic E-state index is 13.6. The molecule has 1 aromatic heterocycles. The van der Waals surface area contributed by atoms with Gasteiger partial charge in [-0.05, 0) is 31.0 Å². The van der Waals surface area contributed by atoms with Gasteiger partial charge < -0.3 is 15.1 Å². The molecule has 0 aliphatic carbocycles. The van der Waals surface area contributed by atoms with Gasteiger partial charge in [-0.3, -0.25) is 9.59 Å². The van der Waals surface area contributed by atoms with E-state index in [9.17, 15) is 18.4 Å². The molecule has 1 saturated heterocycles. The highest BCUT2D eigenvalue weighted by Crippen LogP contribution is 2.29. The maximum Gasteiger partial charge on any atom is 0.220 e. The number of benzene rings is 1. The molecule has 1 atom stereocenters. The molecule has 7 heteroatoms. The molecule has 2 heterocycles. The fourth-order valence-electron chi connectivity index (χ4n) is 3.23. The second kappa shape index (κ2) is 7.68. The van der Waals surface area contributed by atoms with E-state index in [1.54, 1.807) is 12.3 Å². The summed E-state index contributed by atoms with van der Waals surface area (Å²) in [6.45, 7) is -0.0114. The standard InChI is InChI=1S/C19H20F2N2O3/c20-14-4-3-13(16(21)10-14)12-22-17(24)5-7-19(8-6-18(25)23-19)11-15-2-1-9-26-15/h1-4,9-10H,5-8,11-12H2,(H,22,24)(H,23,25). The zero-order chi connectivity index (χ0) is 18.6. The average molecular weight is 362 g/mol. The van der Waals surface area contributed by atoms with E-state index >= 15 is 0 Å². The zero-order valence-corrected chi connectivity index (χ0v) is 14.2. The Hall–Kier alpha value is -2.70. The van der Waals surface area contributed by atoms with Crippen LogP contribution < -0.4 is 10.6 Å². The van der Waals surface area contributed by atoms with Crippen LogP contribution in [0.1, 0.15) is 37.0 Å². The summed E-state index contributed by atoms with van der Waals surface area (Å²) in [4.78, 5) is 23.8. The summed E-state index contributed by atoms with van der Waals surface area (Å²) in [6, 6.07) is 6.86. The molecule has 1 aliphatic rings. The molecule has 0 radical (unpaired) electrons. The lowest BCUT2D eigenvalue weighted by Gasteiger charge is -2.28. The Balaban J connectivity index is 1.55. The van der Waals surface area contributed by atoms with Gasteiger partial charge in [-0.15, -0.1) is 0 Å². The van der Waals surface area contributed by atoms with Crippen molar-refractivity contribution in [1.82, 2.24) is 10.6 Å². The number of carbonyl (C=O) groups is 2. The maximum absolute atomic E-state index is 13.6. The number of hydrogen-bond acceptors (Lipinski definition) is 3. The fraction of sp³-hybridized carbons (Fsp3) is 0.368. The minimum absolute atomic E-state index is 0.0114. The Labute approximate surface area is 149 Å². The van der Waals surface area contributed by atoms with Gasteiger partial charge in [0.15, 0.2) is 0 Å². The van der Waals surface area contributed by atoms with E-state index in [4.69, 9.17) is 4.42 Å². The van der Waals surface area contributed by atoms with Crippen LogP contribution in [0.4, 0.5) is 8.78 Å². The Morgan fingerprint density at radius 3 is 2.81 bits per heavy atom. The van der Waals surface area contributed by atoms with E-state index in [0.29, 0.717) is 25.7 Å². The molecule has 1 fully saturated rings. The first kappa shape index (κ1) is 18.1. The van der Waals surface area contributed by atoms with Crippen LogP contribution in [0, 0.1) is 11.6 Å². The number of halogens is 2. The van der Waals surface area contributed by atoms with Crippen molar-refractivity contribution in [1.29, 1.82) is 0 Å². The van der Waals surface area contributed by atoms with Crippen LogP contribution in [0.15, 0.2) is 41.0 Å². The minimum Gasteiger partial charge on any atom is -0.469 e. The molecule has 138 valence electrons. The Morgan fingerprint density at radius 2 is 2.15 bits per heavy atom. The first-order chi connectivity index (χ1) is 12.5. The Morgan fingerprint density at radius 1 is 1.31 bits per heavy atom. The summed E-state index contributed by atoms with van der Waals surface area (Å²) in [5.41, 5.74) is -0.285. The fourth-order valence-corrected chi connectivity index (χ4v) is 3.23. The first-order valence-electron chi connectivity index (χ1n) is 8.50. The SMILES string of the molecule is O=C(CCC1(Cc2ccco2)CCC(=O)N1)NCc1ccc(F)cc1F. The molecule has 0 bridgehead atoms. The van der Waals surface area contributed by atoms with Crippen LogP contribution in [0.25, 0.3) is 0 Å². The molecule has 1 unspecified atom stereocenters. The van der Waals surface area contributed by atoms with Gasteiger partial charge in [0.25, 0.3) is 0 Å². The van der Waals surface area contributed by atoms with E-state index in [-0.39, 0.29) is 30.3 Å². The summed E-state index contributed by atoms with van der Waals surface area (Å²) in [7, 11) is 0. The van der Waals surface area contributed by atoms with Crippen molar-refractivity contribution in [3.8, 4) is 0 Å². The third kappa shape index (κ3) is 4.47. The molecular formula is C19H20F2N2O3. The lowest BCUT2D eigenvalue weighted by atomic mass is 9.87. The number of furan rings is 1. The highest BCUT2D eigenvalue weighted by atomic mass is 19.1. The predicted octanol–water partition coefficient (Wildman–Crippen LogP) is 2.85. The Kier molecular flexibility index (Phi) is 5.35. The second-order valence-electron chi connectivity index (χ2n) is 6.60. The van der Waals surface area contributed by atoms with Crippen LogP contribution in [-0.4, -0.2) is 17.4 Å². The third-order valence-electron chi connectivity index (χ3n) is 4.65. The first-order valence-corrected chi connectivity index (χ1v) is 8.50. The molecule has 1 aromatic carbocycles. The van der Waals surface area contributed by atoms with Crippen LogP contribution in [0.3, 0.4) is 0 Å². The van der Waals surface area contributed by atoms with E-state index in [0.717, 1.165) is 17.9 Å². The van der Waals surface area contributed by atoms with Crippen molar-refractivity contribution in [3.05, 3.63) is 59.6 Å². The lowest BCUT2D eigenvalue weighted by molar-refractivity contribution is -0.123. The average Bonchev–Trinajstić information content (AvgIpc) is 3.23. The number of amides is 2. The van der Waals surface area contributed by atoms with Crippen molar-refractivity contribution < 1.29 is 22.8 Å². The third-order valence-corrected chi connectivity index (χ3v) is 4.65. The van der Waals surface area contributed by atoms with Crippen LogP contribution in [-0.2, 0) is 22.6 Å². The van der Waals surface area contributed by atoms with Gasteiger partial charge in [-0.25, -0.2) is 8.78 Å². The number of carbonyl (C=O) groups excluding carboxylic acids is 2. The quantitative estimate of drug-likeness (QED) is 0.796. The smallest absolute Gasteiger partial charge is 0.220 e.